The number of carboxylic acid groups (broad SMARTS) is 1. The van der Waals surface area contributed by atoms with Gasteiger partial charge in [0.25, 0.3) is 5.91 Å². The van der Waals surface area contributed by atoms with Gasteiger partial charge in [-0.05, 0) is 74.2 Å². The summed E-state index contributed by atoms with van der Waals surface area (Å²) in [6.07, 6.45) is -2.12. The van der Waals surface area contributed by atoms with Crippen LogP contribution in [0.1, 0.15) is 36.0 Å². The van der Waals surface area contributed by atoms with Crippen LogP contribution in [0.15, 0.2) is 48.5 Å². The van der Waals surface area contributed by atoms with Gasteiger partial charge in [0.05, 0.1) is 6.10 Å². The number of aliphatic carboxylic acids is 1. The Morgan fingerprint density at radius 1 is 0.972 bits per heavy atom. The molecule has 0 aliphatic heterocycles. The van der Waals surface area contributed by atoms with Crippen molar-refractivity contribution in [1.29, 1.82) is 0 Å². The highest BCUT2D eigenvalue weighted by molar-refractivity contribution is 5.95. The summed E-state index contributed by atoms with van der Waals surface area (Å²) in [5.41, 5.74) is 0.683. The molecule has 9 nitrogen and oxygen atoms in total. The second-order valence-electron chi connectivity index (χ2n) is 8.34. The number of likely N-dealkylation sites (N-methyl/N-ethyl adjacent to an activating group) is 1. The molecule has 0 radical (unpaired) electrons. The van der Waals surface area contributed by atoms with Crippen LogP contribution in [0.2, 0.25) is 0 Å². The first-order valence-electron chi connectivity index (χ1n) is 11.2. The van der Waals surface area contributed by atoms with Crippen molar-refractivity contribution < 1.29 is 42.1 Å². The van der Waals surface area contributed by atoms with E-state index in [1.165, 1.54) is 19.2 Å². The van der Waals surface area contributed by atoms with Crippen molar-refractivity contribution in [3.63, 3.8) is 0 Å². The van der Waals surface area contributed by atoms with Crippen LogP contribution in [0, 0.1) is 0 Å². The Kier molecular flexibility index (Phi) is 8.62. The zero-order chi connectivity index (χ0) is 26.3. The maximum atomic E-state index is 12.2. The average Bonchev–Trinajstić information content (AvgIpc) is 2.80. The Morgan fingerprint density at radius 2 is 1.56 bits per heavy atom. The second-order valence-corrected chi connectivity index (χ2v) is 8.34. The first-order chi connectivity index (χ1) is 17.0. The number of hydrogen-bond acceptors (Lipinski definition) is 5. The molecule has 2 aromatic carbocycles. The molecule has 1 saturated carbocycles. The van der Waals surface area contributed by atoms with Crippen molar-refractivity contribution >= 4 is 23.6 Å². The number of hydrogen-bond donors (Lipinski definition) is 3. The summed E-state index contributed by atoms with van der Waals surface area (Å²) in [6, 6.07) is 10.8. The third-order valence-electron chi connectivity index (χ3n) is 5.48. The van der Waals surface area contributed by atoms with Gasteiger partial charge in [0, 0.05) is 24.3 Å². The first-order valence-corrected chi connectivity index (χ1v) is 11.2. The lowest BCUT2D eigenvalue weighted by atomic mass is 9.93. The molecular formula is C24H26F3N3O6. The fraction of sp³-hybridized carbons (Fsp3) is 0.375. The molecule has 0 heterocycles. The molecule has 12 heteroatoms. The zero-order valence-electron chi connectivity index (χ0n) is 19.4. The van der Waals surface area contributed by atoms with Gasteiger partial charge in [0.15, 0.2) is 0 Å². The number of carbonyl (C=O) groups is 3. The maximum absolute atomic E-state index is 12.2. The molecule has 194 valence electrons. The predicted molar refractivity (Wildman–Crippen MR) is 123 cm³/mol. The number of rotatable bonds is 8. The third kappa shape index (κ3) is 8.36. The lowest BCUT2D eigenvalue weighted by Gasteiger charge is -2.29. The minimum absolute atomic E-state index is 0.0662. The summed E-state index contributed by atoms with van der Waals surface area (Å²) < 4.78 is 46.4. The van der Waals surface area contributed by atoms with Crippen LogP contribution in [0.3, 0.4) is 0 Å². The van der Waals surface area contributed by atoms with E-state index in [-0.39, 0.29) is 17.9 Å². The Labute approximate surface area is 205 Å². The number of anilines is 1. The number of halogens is 3. The zero-order valence-corrected chi connectivity index (χ0v) is 19.4. The number of nitrogens with zero attached hydrogens (tertiary/aromatic N) is 1. The van der Waals surface area contributed by atoms with Gasteiger partial charge in [0.2, 0.25) is 0 Å². The van der Waals surface area contributed by atoms with Gasteiger partial charge in [-0.1, -0.05) is 0 Å². The summed E-state index contributed by atoms with van der Waals surface area (Å²) in [4.78, 5) is 36.3. The topological polar surface area (TPSA) is 117 Å². The lowest BCUT2D eigenvalue weighted by Crippen LogP contribution is -2.41. The molecular weight excluding hydrogens is 483 g/mol. The van der Waals surface area contributed by atoms with Crippen molar-refractivity contribution in [1.82, 2.24) is 10.2 Å². The Balaban J connectivity index is 1.41. The third-order valence-corrected chi connectivity index (χ3v) is 5.48. The molecule has 3 rings (SSSR count). The van der Waals surface area contributed by atoms with Crippen molar-refractivity contribution in [2.24, 2.45) is 0 Å². The molecule has 0 spiro atoms. The van der Waals surface area contributed by atoms with E-state index in [1.807, 2.05) is 0 Å². The van der Waals surface area contributed by atoms with Gasteiger partial charge < -0.3 is 30.1 Å². The van der Waals surface area contributed by atoms with E-state index in [4.69, 9.17) is 9.84 Å². The van der Waals surface area contributed by atoms with Gasteiger partial charge in [-0.3, -0.25) is 9.59 Å². The van der Waals surface area contributed by atoms with E-state index in [1.54, 1.807) is 24.3 Å². The quantitative estimate of drug-likeness (QED) is 0.490. The van der Waals surface area contributed by atoms with Gasteiger partial charge in [-0.2, -0.15) is 0 Å². The van der Waals surface area contributed by atoms with E-state index in [9.17, 15) is 27.6 Å². The molecule has 2 aromatic rings. The minimum atomic E-state index is -4.78. The van der Waals surface area contributed by atoms with E-state index in [0.717, 1.165) is 17.0 Å². The summed E-state index contributed by atoms with van der Waals surface area (Å²) in [5.74, 6) is -1.29. The summed E-state index contributed by atoms with van der Waals surface area (Å²) in [7, 11) is 1.41. The fourth-order valence-electron chi connectivity index (χ4n) is 3.78. The van der Waals surface area contributed by atoms with Crippen LogP contribution in [0.5, 0.6) is 11.5 Å². The van der Waals surface area contributed by atoms with Crippen LogP contribution in [-0.4, -0.2) is 60.0 Å². The van der Waals surface area contributed by atoms with Gasteiger partial charge >= 0.3 is 18.4 Å². The molecule has 3 amide bonds. The average molecular weight is 509 g/mol. The van der Waals surface area contributed by atoms with Crippen LogP contribution >= 0.6 is 0 Å². The fourth-order valence-corrected chi connectivity index (χ4v) is 3.78. The molecule has 1 aliphatic rings. The van der Waals surface area contributed by atoms with Crippen LogP contribution < -0.4 is 20.1 Å². The lowest BCUT2D eigenvalue weighted by molar-refractivity contribution is -0.274. The molecule has 0 bridgehead atoms. The van der Waals surface area contributed by atoms with Crippen molar-refractivity contribution in [3.8, 4) is 11.5 Å². The molecule has 1 aliphatic carbocycles. The normalized spacial score (nSPS) is 17.6. The van der Waals surface area contributed by atoms with Crippen molar-refractivity contribution in [2.75, 3.05) is 18.9 Å². The second kappa shape index (κ2) is 11.6. The number of nitrogens with one attached hydrogen (secondary N) is 2. The molecule has 36 heavy (non-hydrogen) atoms. The van der Waals surface area contributed by atoms with E-state index >= 15 is 0 Å². The molecule has 3 N–H and O–H groups in total. The monoisotopic (exact) mass is 509 g/mol. The summed E-state index contributed by atoms with van der Waals surface area (Å²) >= 11 is 0. The number of ether oxygens (including phenoxy) is 2. The predicted octanol–water partition coefficient (Wildman–Crippen LogP) is 4.25. The molecule has 0 aromatic heterocycles. The molecule has 0 saturated heterocycles. The van der Waals surface area contributed by atoms with Gasteiger partial charge in [0.1, 0.15) is 18.0 Å². The molecule has 0 unspecified atom stereocenters. The highest BCUT2D eigenvalue weighted by atomic mass is 19.4. The van der Waals surface area contributed by atoms with Crippen LogP contribution in [0.4, 0.5) is 23.7 Å². The van der Waals surface area contributed by atoms with Gasteiger partial charge in [-0.15, -0.1) is 13.2 Å². The minimum Gasteiger partial charge on any atom is -0.490 e. The van der Waals surface area contributed by atoms with E-state index < -0.39 is 30.8 Å². The highest BCUT2D eigenvalue weighted by Crippen LogP contribution is 2.26. The number of alkyl halides is 3. The smallest absolute Gasteiger partial charge is 0.490 e. The SMILES string of the molecule is CN(CC(=O)O)C(=O)c1ccc(O[C@H]2CC[C@H](NC(=O)Nc3ccc(OC(F)(F)F)cc3)CC2)cc1. The number of urea groups is 1. The van der Waals surface area contributed by atoms with Crippen molar-refractivity contribution in [3.05, 3.63) is 54.1 Å². The largest absolute Gasteiger partial charge is 0.573 e. The number of carboxylic acids is 1. The van der Waals surface area contributed by atoms with Crippen molar-refractivity contribution in [2.45, 2.75) is 44.2 Å². The summed E-state index contributed by atoms with van der Waals surface area (Å²) in [6.45, 7) is -0.393. The standard InChI is InChI=1S/C24H26F3N3O6/c1-30(14-21(31)32)22(33)15-2-8-18(9-3-15)35-19-10-4-16(5-11-19)28-23(34)29-17-6-12-20(13-7-17)36-24(25,26)27/h2-3,6-9,12-13,16,19H,4-5,10-11,14H2,1H3,(H,31,32)(H2,28,29,34)/t16-,19-. The highest BCUT2D eigenvalue weighted by Gasteiger charge is 2.31. The Bertz CT molecular complexity index is 1050. The van der Waals surface area contributed by atoms with E-state index in [2.05, 4.69) is 15.4 Å². The maximum Gasteiger partial charge on any atom is 0.573 e. The summed E-state index contributed by atoms with van der Waals surface area (Å²) in [5, 5.41) is 14.2. The molecule has 1 fully saturated rings. The number of amides is 3. The van der Waals surface area contributed by atoms with Crippen LogP contribution in [0.25, 0.3) is 0 Å². The first kappa shape index (κ1) is 26.6. The Hall–Kier alpha value is -3.96. The van der Waals surface area contributed by atoms with E-state index in [0.29, 0.717) is 42.7 Å². The Morgan fingerprint density at radius 3 is 2.11 bits per heavy atom. The van der Waals surface area contributed by atoms with Gasteiger partial charge in [-0.25, -0.2) is 4.79 Å². The molecule has 0 atom stereocenters. The number of carbonyl (C=O) groups excluding carboxylic acids is 2. The van der Waals surface area contributed by atoms with Crippen LogP contribution in [-0.2, 0) is 4.79 Å². The number of benzene rings is 2.